The van der Waals surface area contributed by atoms with Crippen molar-refractivity contribution in [2.45, 2.75) is 31.8 Å². The summed E-state index contributed by atoms with van der Waals surface area (Å²) in [4.78, 5) is 25.6. The quantitative estimate of drug-likeness (QED) is 0.868. The van der Waals surface area contributed by atoms with E-state index in [1.54, 1.807) is 18.2 Å². The van der Waals surface area contributed by atoms with Crippen molar-refractivity contribution in [3.8, 4) is 0 Å². The molecule has 3 rings (SSSR count). The van der Waals surface area contributed by atoms with Crippen molar-refractivity contribution in [2.24, 2.45) is 0 Å². The number of halogens is 1. The number of hydrogen-bond donors (Lipinski definition) is 1. The second-order valence-corrected chi connectivity index (χ2v) is 6.50. The zero-order chi connectivity index (χ0) is 17.1. The van der Waals surface area contributed by atoms with E-state index in [4.69, 9.17) is 16.7 Å². The first kappa shape index (κ1) is 16.5. The Bertz CT molecular complexity index is 753. The fraction of sp³-hybridized carbons (Fsp3) is 0.263. The van der Waals surface area contributed by atoms with Gasteiger partial charge in [-0.15, -0.1) is 0 Å². The molecule has 0 atom stereocenters. The molecule has 1 aliphatic carbocycles. The molecule has 0 bridgehead atoms. The number of carboxylic acid groups (broad SMARTS) is 1. The highest BCUT2D eigenvalue weighted by Gasteiger charge is 2.32. The maximum Gasteiger partial charge on any atom is 0.335 e. The molecule has 2 aromatic carbocycles. The minimum atomic E-state index is -0.982. The van der Waals surface area contributed by atoms with Gasteiger partial charge >= 0.3 is 5.97 Å². The van der Waals surface area contributed by atoms with Crippen molar-refractivity contribution in [1.82, 2.24) is 4.90 Å². The first-order valence-corrected chi connectivity index (χ1v) is 8.27. The lowest BCUT2D eigenvalue weighted by molar-refractivity contribution is -0.131. The van der Waals surface area contributed by atoms with Gasteiger partial charge < -0.3 is 10.0 Å². The molecule has 1 aliphatic rings. The molecule has 0 heterocycles. The summed E-state index contributed by atoms with van der Waals surface area (Å²) in [7, 11) is 0. The van der Waals surface area contributed by atoms with Gasteiger partial charge in [-0.3, -0.25) is 4.79 Å². The normalized spacial score (nSPS) is 13.5. The Labute approximate surface area is 145 Å². The summed E-state index contributed by atoms with van der Waals surface area (Å²) in [6.07, 6.45) is 2.26. The summed E-state index contributed by atoms with van der Waals surface area (Å²) in [5.41, 5.74) is 1.97. The van der Waals surface area contributed by atoms with E-state index in [2.05, 4.69) is 0 Å². The molecule has 4 nitrogen and oxygen atoms in total. The number of carboxylic acids is 1. The van der Waals surface area contributed by atoms with E-state index in [1.165, 1.54) is 6.07 Å². The van der Waals surface area contributed by atoms with Gasteiger partial charge in [0.2, 0.25) is 5.91 Å². The summed E-state index contributed by atoms with van der Waals surface area (Å²) in [6, 6.07) is 14.3. The summed E-state index contributed by atoms with van der Waals surface area (Å²) in [6.45, 7) is 0.555. The number of aromatic carboxylic acids is 1. The average Bonchev–Trinajstić information content (AvgIpc) is 3.39. The molecule has 1 amide bonds. The lowest BCUT2D eigenvalue weighted by Gasteiger charge is -2.23. The summed E-state index contributed by atoms with van der Waals surface area (Å²) < 4.78 is 0. The first-order valence-electron chi connectivity index (χ1n) is 7.89. The number of nitrogens with zero attached hydrogens (tertiary/aromatic N) is 1. The van der Waals surface area contributed by atoms with Gasteiger partial charge in [0.25, 0.3) is 0 Å². The van der Waals surface area contributed by atoms with Crippen LogP contribution in [0.1, 0.15) is 34.3 Å². The molecule has 2 aromatic rings. The standard InChI is InChI=1S/C19H18ClNO3/c20-16-6-4-13(5-7-16)12-21(17-8-9-17)18(22)11-14-2-1-3-15(10-14)19(23)24/h1-7,10,17H,8-9,11-12H2,(H,23,24). The number of amides is 1. The van der Waals surface area contributed by atoms with Crippen LogP contribution in [0.2, 0.25) is 5.02 Å². The minimum Gasteiger partial charge on any atom is -0.478 e. The fourth-order valence-corrected chi connectivity index (χ4v) is 2.81. The molecular formula is C19H18ClNO3. The van der Waals surface area contributed by atoms with E-state index < -0.39 is 5.97 Å². The highest BCUT2D eigenvalue weighted by molar-refractivity contribution is 6.30. The van der Waals surface area contributed by atoms with Crippen LogP contribution in [-0.4, -0.2) is 27.9 Å². The molecule has 0 spiro atoms. The Hall–Kier alpha value is -2.33. The van der Waals surface area contributed by atoms with E-state index in [0.29, 0.717) is 11.6 Å². The van der Waals surface area contributed by atoms with Crippen LogP contribution < -0.4 is 0 Å². The van der Waals surface area contributed by atoms with Crippen LogP contribution >= 0.6 is 11.6 Å². The molecule has 0 unspecified atom stereocenters. The van der Waals surface area contributed by atoms with Crippen LogP contribution in [0.15, 0.2) is 48.5 Å². The molecule has 1 N–H and O–H groups in total. The third-order valence-corrected chi connectivity index (χ3v) is 4.36. The van der Waals surface area contributed by atoms with Gasteiger partial charge in [-0.1, -0.05) is 35.9 Å². The SMILES string of the molecule is O=C(O)c1cccc(CC(=O)N(Cc2ccc(Cl)cc2)C2CC2)c1. The first-order chi connectivity index (χ1) is 11.5. The molecular weight excluding hydrogens is 326 g/mol. The lowest BCUT2D eigenvalue weighted by atomic mass is 10.1. The third kappa shape index (κ3) is 4.15. The third-order valence-electron chi connectivity index (χ3n) is 4.10. The number of benzene rings is 2. The Morgan fingerprint density at radius 1 is 1.08 bits per heavy atom. The van der Waals surface area contributed by atoms with Crippen molar-refractivity contribution in [2.75, 3.05) is 0 Å². The van der Waals surface area contributed by atoms with Crippen molar-refractivity contribution >= 4 is 23.5 Å². The largest absolute Gasteiger partial charge is 0.478 e. The van der Waals surface area contributed by atoms with Crippen molar-refractivity contribution in [3.63, 3.8) is 0 Å². The predicted molar refractivity (Wildman–Crippen MR) is 92.1 cm³/mol. The molecule has 124 valence electrons. The monoisotopic (exact) mass is 343 g/mol. The van der Waals surface area contributed by atoms with Crippen molar-refractivity contribution in [1.29, 1.82) is 0 Å². The van der Waals surface area contributed by atoms with Crippen molar-refractivity contribution < 1.29 is 14.7 Å². The Morgan fingerprint density at radius 3 is 2.42 bits per heavy atom. The molecule has 1 fully saturated rings. The molecule has 0 aromatic heterocycles. The average molecular weight is 344 g/mol. The molecule has 24 heavy (non-hydrogen) atoms. The highest BCUT2D eigenvalue weighted by Crippen LogP contribution is 2.29. The molecule has 0 saturated heterocycles. The highest BCUT2D eigenvalue weighted by atomic mass is 35.5. The van der Waals surface area contributed by atoms with Crippen LogP contribution in [-0.2, 0) is 17.8 Å². The van der Waals surface area contributed by atoms with E-state index in [-0.39, 0.29) is 23.9 Å². The van der Waals surface area contributed by atoms with Crippen LogP contribution in [0.5, 0.6) is 0 Å². The zero-order valence-corrected chi connectivity index (χ0v) is 13.9. The predicted octanol–water partition coefficient (Wildman–Crippen LogP) is 3.77. The van der Waals surface area contributed by atoms with E-state index in [9.17, 15) is 9.59 Å². The summed E-state index contributed by atoms with van der Waals surface area (Å²) in [5.74, 6) is -0.959. The number of carbonyl (C=O) groups excluding carboxylic acids is 1. The lowest BCUT2D eigenvalue weighted by Crippen LogP contribution is -2.33. The van der Waals surface area contributed by atoms with Crippen LogP contribution in [0.4, 0.5) is 0 Å². The van der Waals surface area contributed by atoms with E-state index in [1.807, 2.05) is 29.2 Å². The number of rotatable bonds is 6. The molecule has 5 heteroatoms. The van der Waals surface area contributed by atoms with Gasteiger partial charge in [0.05, 0.1) is 12.0 Å². The number of hydrogen-bond acceptors (Lipinski definition) is 2. The second kappa shape index (κ2) is 7.05. The van der Waals surface area contributed by atoms with Crippen molar-refractivity contribution in [3.05, 3.63) is 70.2 Å². The molecule has 0 aliphatic heterocycles. The van der Waals surface area contributed by atoms with Gasteiger partial charge in [-0.25, -0.2) is 4.79 Å². The minimum absolute atomic E-state index is 0.0231. The molecule has 1 saturated carbocycles. The second-order valence-electron chi connectivity index (χ2n) is 6.06. The van der Waals surface area contributed by atoms with Crippen LogP contribution in [0.25, 0.3) is 0 Å². The van der Waals surface area contributed by atoms with Gasteiger partial charge in [-0.2, -0.15) is 0 Å². The van der Waals surface area contributed by atoms with Gasteiger partial charge in [0, 0.05) is 17.6 Å². The topological polar surface area (TPSA) is 57.6 Å². The van der Waals surface area contributed by atoms with Crippen LogP contribution in [0.3, 0.4) is 0 Å². The number of carbonyl (C=O) groups is 2. The Kier molecular flexibility index (Phi) is 4.86. The smallest absolute Gasteiger partial charge is 0.335 e. The fourth-order valence-electron chi connectivity index (χ4n) is 2.68. The van der Waals surface area contributed by atoms with Gasteiger partial charge in [0.15, 0.2) is 0 Å². The molecule has 0 radical (unpaired) electrons. The maximum atomic E-state index is 12.7. The van der Waals surface area contributed by atoms with Crippen LogP contribution in [0, 0.1) is 0 Å². The van der Waals surface area contributed by atoms with E-state index >= 15 is 0 Å². The summed E-state index contributed by atoms with van der Waals surface area (Å²) >= 11 is 5.90. The zero-order valence-electron chi connectivity index (χ0n) is 13.1. The Morgan fingerprint density at radius 2 is 1.79 bits per heavy atom. The van der Waals surface area contributed by atoms with Gasteiger partial charge in [-0.05, 0) is 48.2 Å². The van der Waals surface area contributed by atoms with E-state index in [0.717, 1.165) is 24.0 Å². The Balaban J connectivity index is 1.72. The van der Waals surface area contributed by atoms with Gasteiger partial charge in [0.1, 0.15) is 0 Å². The summed E-state index contributed by atoms with van der Waals surface area (Å²) in [5, 5.41) is 9.74. The maximum absolute atomic E-state index is 12.7.